The maximum Gasteiger partial charge on any atom is 0.0401 e. The number of aryl methyl sites for hydroxylation is 2. The number of nitrogens with zero attached hydrogens (tertiary/aromatic N) is 1. The summed E-state index contributed by atoms with van der Waals surface area (Å²) in [6.45, 7) is 6.77. The molecule has 1 fully saturated rings. The molecule has 0 aromatic heterocycles. The second-order valence-corrected chi connectivity index (χ2v) is 6.15. The Bertz CT molecular complexity index is 441. The molecule has 2 heteroatoms. The van der Waals surface area contributed by atoms with E-state index in [1.807, 2.05) is 0 Å². The Hall–Kier alpha value is -1.02. The molecule has 1 saturated carbocycles. The second kappa shape index (κ2) is 5.54. The van der Waals surface area contributed by atoms with Crippen LogP contribution in [0.25, 0.3) is 0 Å². The van der Waals surface area contributed by atoms with Gasteiger partial charge in [0.2, 0.25) is 0 Å². The summed E-state index contributed by atoms with van der Waals surface area (Å²) in [7, 11) is 0. The Morgan fingerprint density at radius 3 is 3.05 bits per heavy atom. The van der Waals surface area contributed by atoms with Crippen LogP contribution in [0.1, 0.15) is 43.7 Å². The van der Waals surface area contributed by atoms with Gasteiger partial charge < -0.3 is 10.2 Å². The zero-order valence-corrected chi connectivity index (χ0v) is 12.3. The lowest BCUT2D eigenvalue weighted by Gasteiger charge is -2.36. The van der Waals surface area contributed by atoms with Crippen LogP contribution in [0.5, 0.6) is 0 Å². The molecule has 1 heterocycles. The van der Waals surface area contributed by atoms with Crippen LogP contribution >= 0.6 is 0 Å². The van der Waals surface area contributed by atoms with Gasteiger partial charge in [-0.25, -0.2) is 0 Å². The first kappa shape index (κ1) is 13.0. The van der Waals surface area contributed by atoms with E-state index in [-0.39, 0.29) is 0 Å². The van der Waals surface area contributed by atoms with Crippen molar-refractivity contribution in [2.45, 2.75) is 58.0 Å². The van der Waals surface area contributed by atoms with Crippen LogP contribution in [0, 0.1) is 6.92 Å². The standard InChI is InChI=1S/C17H26N2/c1-3-18-15-7-8-16(12-15)19-10-4-5-14-11-13(2)6-9-17(14)19/h6,9,11,15-16,18H,3-5,7-8,10,12H2,1-2H3. The predicted octanol–water partition coefficient (Wildman–Crippen LogP) is 3.28. The molecule has 1 aliphatic carbocycles. The van der Waals surface area contributed by atoms with Crippen molar-refractivity contribution in [2.24, 2.45) is 0 Å². The summed E-state index contributed by atoms with van der Waals surface area (Å²) in [4.78, 5) is 2.69. The number of benzene rings is 1. The smallest absolute Gasteiger partial charge is 0.0401 e. The summed E-state index contributed by atoms with van der Waals surface area (Å²) in [5, 5.41) is 3.62. The lowest BCUT2D eigenvalue weighted by Crippen LogP contribution is -2.39. The first-order valence-corrected chi connectivity index (χ1v) is 7.87. The lowest BCUT2D eigenvalue weighted by atomic mass is 9.97. The number of fused-ring (bicyclic) bond motifs is 1. The Labute approximate surface area is 117 Å². The van der Waals surface area contributed by atoms with Crippen molar-refractivity contribution in [3.8, 4) is 0 Å². The lowest BCUT2D eigenvalue weighted by molar-refractivity contribution is 0.516. The number of rotatable bonds is 3. The molecule has 2 unspecified atom stereocenters. The summed E-state index contributed by atoms with van der Waals surface area (Å²) < 4.78 is 0. The molecule has 1 aromatic rings. The van der Waals surface area contributed by atoms with Gasteiger partial charge in [0.25, 0.3) is 0 Å². The summed E-state index contributed by atoms with van der Waals surface area (Å²) >= 11 is 0. The fourth-order valence-corrected chi connectivity index (χ4v) is 3.85. The van der Waals surface area contributed by atoms with E-state index in [0.29, 0.717) is 0 Å². The molecule has 0 radical (unpaired) electrons. The van der Waals surface area contributed by atoms with Gasteiger partial charge in [0, 0.05) is 24.3 Å². The van der Waals surface area contributed by atoms with Gasteiger partial charge in [0.1, 0.15) is 0 Å². The van der Waals surface area contributed by atoms with E-state index < -0.39 is 0 Å². The predicted molar refractivity (Wildman–Crippen MR) is 81.9 cm³/mol. The van der Waals surface area contributed by atoms with Gasteiger partial charge in [-0.15, -0.1) is 0 Å². The summed E-state index contributed by atoms with van der Waals surface area (Å²) in [5.74, 6) is 0. The Morgan fingerprint density at radius 1 is 1.32 bits per heavy atom. The fourth-order valence-electron chi connectivity index (χ4n) is 3.85. The van der Waals surface area contributed by atoms with Crippen LogP contribution in [-0.2, 0) is 6.42 Å². The zero-order chi connectivity index (χ0) is 13.2. The summed E-state index contributed by atoms with van der Waals surface area (Å²) in [6, 6.07) is 8.51. The third kappa shape index (κ3) is 2.64. The maximum atomic E-state index is 3.62. The molecular formula is C17H26N2. The zero-order valence-electron chi connectivity index (χ0n) is 12.3. The van der Waals surface area contributed by atoms with Crippen molar-refractivity contribution in [2.75, 3.05) is 18.0 Å². The van der Waals surface area contributed by atoms with Crippen LogP contribution in [0.15, 0.2) is 18.2 Å². The monoisotopic (exact) mass is 258 g/mol. The number of hydrogen-bond donors (Lipinski definition) is 1. The molecule has 2 aliphatic rings. The van der Waals surface area contributed by atoms with E-state index in [0.717, 1.165) is 18.6 Å². The van der Waals surface area contributed by atoms with Crippen LogP contribution in [-0.4, -0.2) is 25.2 Å². The fraction of sp³-hybridized carbons (Fsp3) is 0.647. The molecule has 2 nitrogen and oxygen atoms in total. The van der Waals surface area contributed by atoms with Crippen molar-refractivity contribution in [1.29, 1.82) is 0 Å². The highest BCUT2D eigenvalue weighted by Gasteiger charge is 2.31. The van der Waals surface area contributed by atoms with Gasteiger partial charge in [-0.05, 0) is 57.2 Å². The van der Waals surface area contributed by atoms with Gasteiger partial charge in [-0.3, -0.25) is 0 Å². The molecule has 0 bridgehead atoms. The molecule has 1 aromatic carbocycles. The molecule has 104 valence electrons. The minimum Gasteiger partial charge on any atom is -0.368 e. The third-order valence-corrected chi connectivity index (χ3v) is 4.73. The molecule has 19 heavy (non-hydrogen) atoms. The van der Waals surface area contributed by atoms with E-state index in [1.54, 1.807) is 5.56 Å². The molecule has 3 rings (SSSR count). The Morgan fingerprint density at radius 2 is 2.21 bits per heavy atom. The molecule has 1 N–H and O–H groups in total. The normalized spacial score (nSPS) is 26.5. The molecule has 0 spiro atoms. The van der Waals surface area contributed by atoms with Crippen molar-refractivity contribution in [1.82, 2.24) is 5.32 Å². The SMILES string of the molecule is CCNC1CCC(N2CCCc3cc(C)ccc32)C1. The van der Waals surface area contributed by atoms with E-state index in [2.05, 4.69) is 42.3 Å². The minimum absolute atomic E-state index is 0.742. The molecular weight excluding hydrogens is 232 g/mol. The molecule has 0 saturated heterocycles. The molecule has 1 aliphatic heterocycles. The number of anilines is 1. The summed E-state index contributed by atoms with van der Waals surface area (Å²) in [6.07, 6.45) is 6.60. The highest BCUT2D eigenvalue weighted by molar-refractivity contribution is 5.57. The highest BCUT2D eigenvalue weighted by Crippen LogP contribution is 2.34. The van der Waals surface area contributed by atoms with E-state index in [4.69, 9.17) is 0 Å². The Balaban J connectivity index is 1.77. The quantitative estimate of drug-likeness (QED) is 0.895. The maximum absolute atomic E-state index is 3.62. The van der Waals surface area contributed by atoms with E-state index >= 15 is 0 Å². The van der Waals surface area contributed by atoms with Crippen molar-refractivity contribution >= 4 is 5.69 Å². The van der Waals surface area contributed by atoms with Gasteiger partial charge in [-0.1, -0.05) is 24.6 Å². The van der Waals surface area contributed by atoms with Crippen molar-refractivity contribution in [3.63, 3.8) is 0 Å². The summed E-state index contributed by atoms with van der Waals surface area (Å²) in [5.41, 5.74) is 4.48. The number of hydrogen-bond acceptors (Lipinski definition) is 2. The van der Waals surface area contributed by atoms with E-state index in [9.17, 15) is 0 Å². The Kier molecular flexibility index (Phi) is 3.79. The average molecular weight is 258 g/mol. The molecule has 0 amide bonds. The third-order valence-electron chi connectivity index (χ3n) is 4.73. The van der Waals surface area contributed by atoms with Crippen LogP contribution < -0.4 is 10.2 Å². The second-order valence-electron chi connectivity index (χ2n) is 6.15. The van der Waals surface area contributed by atoms with Crippen LogP contribution in [0.2, 0.25) is 0 Å². The van der Waals surface area contributed by atoms with Crippen molar-refractivity contribution < 1.29 is 0 Å². The van der Waals surface area contributed by atoms with Gasteiger partial charge in [0.15, 0.2) is 0 Å². The first-order chi connectivity index (χ1) is 9.28. The minimum atomic E-state index is 0.742. The van der Waals surface area contributed by atoms with E-state index in [1.165, 1.54) is 49.9 Å². The van der Waals surface area contributed by atoms with Gasteiger partial charge in [-0.2, -0.15) is 0 Å². The highest BCUT2D eigenvalue weighted by atomic mass is 15.2. The van der Waals surface area contributed by atoms with Gasteiger partial charge in [0.05, 0.1) is 0 Å². The van der Waals surface area contributed by atoms with Crippen molar-refractivity contribution in [3.05, 3.63) is 29.3 Å². The van der Waals surface area contributed by atoms with Crippen LogP contribution in [0.3, 0.4) is 0 Å². The van der Waals surface area contributed by atoms with Gasteiger partial charge >= 0.3 is 0 Å². The molecule has 2 atom stereocenters. The number of nitrogens with one attached hydrogen (secondary N) is 1. The van der Waals surface area contributed by atoms with Crippen LogP contribution in [0.4, 0.5) is 5.69 Å². The first-order valence-electron chi connectivity index (χ1n) is 7.87. The average Bonchev–Trinajstić information content (AvgIpc) is 2.86. The topological polar surface area (TPSA) is 15.3 Å². The largest absolute Gasteiger partial charge is 0.368 e.